The van der Waals surface area contributed by atoms with Crippen LogP contribution in [-0.2, 0) is 4.79 Å². The lowest BCUT2D eigenvalue weighted by atomic mass is 10.2. The highest BCUT2D eigenvalue weighted by atomic mass is 16.2. The second-order valence-corrected chi connectivity index (χ2v) is 4.78. The fourth-order valence-corrected chi connectivity index (χ4v) is 2.04. The maximum atomic E-state index is 11.7. The van der Waals surface area contributed by atoms with E-state index in [-0.39, 0.29) is 11.9 Å². The van der Waals surface area contributed by atoms with Gasteiger partial charge in [0.1, 0.15) is 0 Å². The summed E-state index contributed by atoms with van der Waals surface area (Å²) in [7, 11) is 2.12. The van der Waals surface area contributed by atoms with E-state index in [0.29, 0.717) is 6.04 Å². The van der Waals surface area contributed by atoms with Gasteiger partial charge >= 0.3 is 0 Å². The number of nitrogens with one attached hydrogen (secondary N) is 2. The lowest BCUT2D eigenvalue weighted by molar-refractivity contribution is -0.122. The van der Waals surface area contributed by atoms with Crippen LogP contribution in [0.2, 0.25) is 0 Å². The third-order valence-corrected chi connectivity index (χ3v) is 3.10. The fourth-order valence-electron chi connectivity index (χ4n) is 2.04. The molecule has 1 fully saturated rings. The SMILES string of the molecule is CCCCNC(=O)C(C)NC1CCN(C)C1. The van der Waals surface area contributed by atoms with E-state index in [0.717, 1.165) is 38.9 Å². The number of likely N-dealkylation sites (N-methyl/N-ethyl adjacent to an activating group) is 1. The van der Waals surface area contributed by atoms with Crippen LogP contribution < -0.4 is 10.6 Å². The van der Waals surface area contributed by atoms with Crippen LogP contribution in [0, 0.1) is 0 Å². The minimum atomic E-state index is -0.0756. The summed E-state index contributed by atoms with van der Waals surface area (Å²) in [6.07, 6.45) is 3.32. The van der Waals surface area contributed by atoms with Gasteiger partial charge in [-0.2, -0.15) is 0 Å². The van der Waals surface area contributed by atoms with Gasteiger partial charge in [-0.25, -0.2) is 0 Å². The number of unbranched alkanes of at least 4 members (excludes halogenated alkanes) is 1. The molecule has 4 nitrogen and oxygen atoms in total. The predicted molar refractivity (Wildman–Crippen MR) is 66.4 cm³/mol. The van der Waals surface area contributed by atoms with E-state index in [1.807, 2.05) is 6.92 Å². The van der Waals surface area contributed by atoms with E-state index < -0.39 is 0 Å². The van der Waals surface area contributed by atoms with E-state index in [9.17, 15) is 4.79 Å². The van der Waals surface area contributed by atoms with Crippen LogP contribution in [-0.4, -0.2) is 49.6 Å². The monoisotopic (exact) mass is 227 g/mol. The molecule has 0 bridgehead atoms. The van der Waals surface area contributed by atoms with Crippen LogP contribution in [0.5, 0.6) is 0 Å². The van der Waals surface area contributed by atoms with E-state index in [4.69, 9.17) is 0 Å². The molecule has 0 aromatic rings. The van der Waals surface area contributed by atoms with Gasteiger partial charge in [-0.05, 0) is 33.4 Å². The first-order valence-electron chi connectivity index (χ1n) is 6.35. The third-order valence-electron chi connectivity index (χ3n) is 3.10. The topological polar surface area (TPSA) is 44.4 Å². The standard InChI is InChI=1S/C12H25N3O/c1-4-5-7-13-12(16)10(2)14-11-6-8-15(3)9-11/h10-11,14H,4-9H2,1-3H3,(H,13,16). The minimum absolute atomic E-state index is 0.0756. The largest absolute Gasteiger partial charge is 0.355 e. The van der Waals surface area contributed by atoms with Gasteiger partial charge in [-0.3, -0.25) is 4.79 Å². The normalized spacial score (nSPS) is 23.3. The molecule has 2 unspecified atom stereocenters. The molecule has 0 aliphatic carbocycles. The molecule has 2 N–H and O–H groups in total. The Morgan fingerprint density at radius 1 is 1.56 bits per heavy atom. The van der Waals surface area contributed by atoms with E-state index in [1.165, 1.54) is 0 Å². The van der Waals surface area contributed by atoms with Crippen molar-refractivity contribution < 1.29 is 4.79 Å². The molecule has 1 aliphatic rings. The Bertz CT molecular complexity index is 220. The zero-order valence-electron chi connectivity index (χ0n) is 10.8. The van der Waals surface area contributed by atoms with E-state index >= 15 is 0 Å². The van der Waals surface area contributed by atoms with E-state index in [1.54, 1.807) is 0 Å². The van der Waals surface area contributed by atoms with Gasteiger partial charge in [0.15, 0.2) is 0 Å². The van der Waals surface area contributed by atoms with Gasteiger partial charge in [0.2, 0.25) is 5.91 Å². The first-order valence-corrected chi connectivity index (χ1v) is 6.35. The average Bonchev–Trinajstić information content (AvgIpc) is 2.64. The summed E-state index contributed by atoms with van der Waals surface area (Å²) in [6, 6.07) is 0.394. The molecule has 4 heteroatoms. The maximum Gasteiger partial charge on any atom is 0.236 e. The van der Waals surface area contributed by atoms with Crippen molar-refractivity contribution in [2.24, 2.45) is 0 Å². The summed E-state index contributed by atoms with van der Waals surface area (Å²) in [6.45, 7) is 7.04. The van der Waals surface area contributed by atoms with Crippen LogP contribution in [0.15, 0.2) is 0 Å². The summed E-state index contributed by atoms with van der Waals surface area (Å²) in [5.74, 6) is 0.128. The van der Waals surface area contributed by atoms with Crippen molar-refractivity contribution in [2.75, 3.05) is 26.7 Å². The number of hydrogen-bond donors (Lipinski definition) is 2. The first kappa shape index (κ1) is 13.5. The number of hydrogen-bond acceptors (Lipinski definition) is 3. The molecule has 16 heavy (non-hydrogen) atoms. The Kier molecular flexibility index (Phi) is 5.77. The fraction of sp³-hybridized carbons (Fsp3) is 0.917. The molecule has 0 saturated carbocycles. The Balaban J connectivity index is 2.18. The van der Waals surface area contributed by atoms with Crippen molar-refractivity contribution in [1.29, 1.82) is 0 Å². The number of likely N-dealkylation sites (tertiary alicyclic amines) is 1. The van der Waals surface area contributed by atoms with Gasteiger partial charge < -0.3 is 15.5 Å². The van der Waals surface area contributed by atoms with Crippen molar-refractivity contribution in [2.45, 2.75) is 45.2 Å². The quantitative estimate of drug-likeness (QED) is 0.653. The molecule has 0 aromatic heterocycles. The summed E-state index contributed by atoms with van der Waals surface area (Å²) in [4.78, 5) is 14.0. The third kappa shape index (κ3) is 4.49. The number of carbonyl (C=O) groups excluding carboxylic acids is 1. The highest BCUT2D eigenvalue weighted by molar-refractivity contribution is 5.81. The van der Waals surface area contributed by atoms with Gasteiger partial charge in [0, 0.05) is 19.1 Å². The molecule has 1 rings (SSSR count). The van der Waals surface area contributed by atoms with Gasteiger partial charge in [-0.1, -0.05) is 13.3 Å². The highest BCUT2D eigenvalue weighted by Gasteiger charge is 2.22. The molecule has 0 spiro atoms. The van der Waals surface area contributed by atoms with Crippen LogP contribution in [0.3, 0.4) is 0 Å². The number of nitrogens with zero attached hydrogens (tertiary/aromatic N) is 1. The van der Waals surface area contributed by atoms with Gasteiger partial charge in [-0.15, -0.1) is 0 Å². The summed E-state index contributed by atoms with van der Waals surface area (Å²) >= 11 is 0. The molecule has 94 valence electrons. The van der Waals surface area contributed by atoms with Crippen LogP contribution >= 0.6 is 0 Å². The molecule has 1 aliphatic heterocycles. The van der Waals surface area contributed by atoms with Gasteiger partial charge in [0.25, 0.3) is 0 Å². The second-order valence-electron chi connectivity index (χ2n) is 4.78. The van der Waals surface area contributed by atoms with Crippen LogP contribution in [0.1, 0.15) is 33.1 Å². The van der Waals surface area contributed by atoms with Gasteiger partial charge in [0.05, 0.1) is 6.04 Å². The minimum Gasteiger partial charge on any atom is -0.355 e. The lowest BCUT2D eigenvalue weighted by Crippen LogP contribution is -2.47. The Morgan fingerprint density at radius 2 is 2.31 bits per heavy atom. The highest BCUT2D eigenvalue weighted by Crippen LogP contribution is 2.06. The molecular weight excluding hydrogens is 202 g/mol. The van der Waals surface area contributed by atoms with Crippen LogP contribution in [0.25, 0.3) is 0 Å². The summed E-state index contributed by atoms with van der Waals surface area (Å²) in [5.41, 5.74) is 0. The lowest BCUT2D eigenvalue weighted by Gasteiger charge is -2.18. The molecule has 0 radical (unpaired) electrons. The molecule has 1 amide bonds. The molecule has 0 aromatic carbocycles. The smallest absolute Gasteiger partial charge is 0.236 e. The molecule has 2 atom stereocenters. The molecular formula is C12H25N3O. The predicted octanol–water partition coefficient (Wildman–Crippen LogP) is 0.585. The Morgan fingerprint density at radius 3 is 2.88 bits per heavy atom. The molecule has 1 heterocycles. The molecule has 1 saturated heterocycles. The Hall–Kier alpha value is -0.610. The van der Waals surface area contributed by atoms with Crippen molar-refractivity contribution in [3.8, 4) is 0 Å². The average molecular weight is 227 g/mol. The van der Waals surface area contributed by atoms with Crippen molar-refractivity contribution in [1.82, 2.24) is 15.5 Å². The first-order chi connectivity index (χ1) is 7.63. The second kappa shape index (κ2) is 6.86. The van der Waals surface area contributed by atoms with Crippen molar-refractivity contribution in [3.05, 3.63) is 0 Å². The number of rotatable bonds is 6. The number of amides is 1. The Labute approximate surface area is 98.8 Å². The van der Waals surface area contributed by atoms with Crippen molar-refractivity contribution >= 4 is 5.91 Å². The number of carbonyl (C=O) groups is 1. The van der Waals surface area contributed by atoms with Crippen LogP contribution in [0.4, 0.5) is 0 Å². The summed E-state index contributed by atoms with van der Waals surface area (Å²) in [5, 5.41) is 6.34. The van der Waals surface area contributed by atoms with E-state index in [2.05, 4.69) is 29.5 Å². The van der Waals surface area contributed by atoms with Crippen molar-refractivity contribution in [3.63, 3.8) is 0 Å². The zero-order valence-corrected chi connectivity index (χ0v) is 10.8. The maximum absolute atomic E-state index is 11.7. The zero-order chi connectivity index (χ0) is 12.0. The summed E-state index contributed by atoms with van der Waals surface area (Å²) < 4.78 is 0.